The monoisotopic (exact) mass is 325 g/mol. The van der Waals surface area contributed by atoms with Crippen molar-refractivity contribution in [2.24, 2.45) is 0 Å². The number of hydrogen-bond donors (Lipinski definition) is 4. The third-order valence-electron chi connectivity index (χ3n) is 2.65. The van der Waals surface area contributed by atoms with Gasteiger partial charge in [-0.1, -0.05) is 0 Å². The van der Waals surface area contributed by atoms with E-state index in [1.54, 1.807) is 45.9 Å². The van der Waals surface area contributed by atoms with Gasteiger partial charge in [0.2, 0.25) is 0 Å². The highest BCUT2D eigenvalue weighted by Gasteiger charge is 2.15. The largest absolute Gasteiger partial charge is 0.492 e. The molecule has 0 heterocycles. The molecule has 0 saturated carbocycles. The van der Waals surface area contributed by atoms with Crippen molar-refractivity contribution in [2.75, 3.05) is 30.7 Å². The van der Waals surface area contributed by atoms with Gasteiger partial charge < -0.3 is 30.9 Å². The molecule has 1 aromatic carbocycles. The van der Waals surface area contributed by atoms with Gasteiger partial charge in [0.05, 0.1) is 24.0 Å². The summed E-state index contributed by atoms with van der Waals surface area (Å²) >= 11 is 0. The predicted octanol–water partition coefficient (Wildman–Crippen LogP) is 1.96. The number of benzene rings is 1. The highest BCUT2D eigenvalue weighted by atomic mass is 16.6. The van der Waals surface area contributed by atoms with Gasteiger partial charge in [-0.25, -0.2) is 4.79 Å². The molecule has 130 valence electrons. The van der Waals surface area contributed by atoms with Gasteiger partial charge in [0.25, 0.3) is 0 Å². The van der Waals surface area contributed by atoms with Crippen LogP contribution in [0.25, 0.3) is 0 Å². The third kappa shape index (κ3) is 8.15. The predicted molar refractivity (Wildman–Crippen MR) is 90.8 cm³/mol. The fourth-order valence-electron chi connectivity index (χ4n) is 1.67. The number of nitrogens with two attached hydrogens (primary N) is 1. The third-order valence-corrected chi connectivity index (χ3v) is 2.65. The van der Waals surface area contributed by atoms with E-state index in [4.69, 9.17) is 15.2 Å². The van der Waals surface area contributed by atoms with Crippen LogP contribution < -0.4 is 21.1 Å². The molecule has 0 aromatic heterocycles. The van der Waals surface area contributed by atoms with Crippen LogP contribution in [0.15, 0.2) is 18.2 Å². The van der Waals surface area contributed by atoms with E-state index >= 15 is 0 Å². The Kier molecular flexibility index (Phi) is 6.96. The topological polar surface area (TPSA) is 106 Å². The Labute approximate surface area is 137 Å². The summed E-state index contributed by atoms with van der Waals surface area (Å²) in [6, 6.07) is 5.22. The average Bonchev–Trinajstić information content (AvgIpc) is 2.41. The first kappa shape index (κ1) is 18.9. The van der Waals surface area contributed by atoms with Crippen LogP contribution >= 0.6 is 0 Å². The van der Waals surface area contributed by atoms with E-state index in [1.165, 1.54) is 0 Å². The van der Waals surface area contributed by atoms with Crippen molar-refractivity contribution in [1.82, 2.24) is 5.32 Å². The van der Waals surface area contributed by atoms with Crippen molar-refractivity contribution in [3.8, 4) is 5.75 Å². The van der Waals surface area contributed by atoms with Gasteiger partial charge in [-0.3, -0.25) is 0 Å². The summed E-state index contributed by atoms with van der Waals surface area (Å²) in [5.74, 6) is 0.623. The SMILES string of the molecule is C[C@H](O)CNc1cc(OCCNC(=O)OC(C)(C)C)ccc1N. The summed E-state index contributed by atoms with van der Waals surface area (Å²) in [4.78, 5) is 11.5. The molecule has 7 nitrogen and oxygen atoms in total. The van der Waals surface area contributed by atoms with E-state index in [0.717, 1.165) is 0 Å². The summed E-state index contributed by atoms with van der Waals surface area (Å²) in [7, 11) is 0. The Hall–Kier alpha value is -2.15. The number of rotatable bonds is 7. The summed E-state index contributed by atoms with van der Waals surface area (Å²) < 4.78 is 10.7. The number of carbonyl (C=O) groups excluding carboxylic acids is 1. The van der Waals surface area contributed by atoms with Crippen molar-refractivity contribution in [3.05, 3.63) is 18.2 Å². The molecule has 1 aromatic rings. The van der Waals surface area contributed by atoms with E-state index in [0.29, 0.717) is 36.8 Å². The molecule has 0 bridgehead atoms. The molecule has 23 heavy (non-hydrogen) atoms. The molecule has 0 aliphatic carbocycles. The first-order valence-electron chi connectivity index (χ1n) is 7.58. The van der Waals surface area contributed by atoms with Crippen LogP contribution in [-0.2, 0) is 4.74 Å². The number of anilines is 2. The highest BCUT2D eigenvalue weighted by Crippen LogP contribution is 2.24. The van der Waals surface area contributed by atoms with Crippen molar-refractivity contribution in [1.29, 1.82) is 0 Å². The Morgan fingerprint density at radius 2 is 2.09 bits per heavy atom. The number of ether oxygens (including phenoxy) is 2. The molecule has 1 atom stereocenters. The number of nitrogen functional groups attached to an aromatic ring is 1. The lowest BCUT2D eigenvalue weighted by Gasteiger charge is -2.19. The Balaban J connectivity index is 2.40. The number of carbonyl (C=O) groups is 1. The lowest BCUT2D eigenvalue weighted by molar-refractivity contribution is 0.0520. The molecule has 7 heteroatoms. The number of amides is 1. The van der Waals surface area contributed by atoms with Crippen molar-refractivity contribution in [2.45, 2.75) is 39.4 Å². The first-order valence-corrected chi connectivity index (χ1v) is 7.58. The molecule has 1 rings (SSSR count). The van der Waals surface area contributed by atoms with Crippen LogP contribution in [0.5, 0.6) is 5.75 Å². The molecule has 0 radical (unpaired) electrons. The number of aliphatic hydroxyl groups is 1. The Bertz CT molecular complexity index is 513. The number of nitrogens with one attached hydrogen (secondary N) is 2. The fourth-order valence-corrected chi connectivity index (χ4v) is 1.67. The molecular weight excluding hydrogens is 298 g/mol. The molecule has 0 fully saturated rings. The Morgan fingerprint density at radius 3 is 2.70 bits per heavy atom. The summed E-state index contributed by atoms with van der Waals surface area (Å²) in [5.41, 5.74) is 6.61. The maximum Gasteiger partial charge on any atom is 0.407 e. The van der Waals surface area contributed by atoms with Gasteiger partial charge in [-0.2, -0.15) is 0 Å². The molecule has 0 unspecified atom stereocenters. The smallest absolute Gasteiger partial charge is 0.407 e. The minimum Gasteiger partial charge on any atom is -0.492 e. The quantitative estimate of drug-likeness (QED) is 0.451. The van der Waals surface area contributed by atoms with Crippen LogP contribution in [0.1, 0.15) is 27.7 Å². The number of alkyl carbamates (subject to hydrolysis) is 1. The summed E-state index contributed by atoms with van der Waals surface area (Å²) in [5, 5.41) is 15.0. The van der Waals surface area contributed by atoms with Gasteiger partial charge in [0.1, 0.15) is 18.0 Å². The lowest BCUT2D eigenvalue weighted by Crippen LogP contribution is -2.34. The van der Waals surface area contributed by atoms with E-state index in [1.807, 2.05) is 0 Å². The highest BCUT2D eigenvalue weighted by molar-refractivity contribution is 5.68. The van der Waals surface area contributed by atoms with E-state index < -0.39 is 17.8 Å². The van der Waals surface area contributed by atoms with Crippen molar-refractivity contribution < 1.29 is 19.4 Å². The normalized spacial score (nSPS) is 12.4. The summed E-state index contributed by atoms with van der Waals surface area (Å²) in [6.45, 7) is 8.13. The minimum atomic E-state index is -0.522. The van der Waals surface area contributed by atoms with Crippen LogP contribution in [0, 0.1) is 0 Å². The van der Waals surface area contributed by atoms with Crippen LogP contribution in [0.3, 0.4) is 0 Å². The second kappa shape index (κ2) is 8.47. The molecule has 0 aliphatic heterocycles. The Morgan fingerprint density at radius 1 is 1.39 bits per heavy atom. The van der Waals surface area contributed by atoms with Gasteiger partial charge >= 0.3 is 6.09 Å². The molecule has 1 amide bonds. The van der Waals surface area contributed by atoms with E-state index in [-0.39, 0.29) is 0 Å². The maximum atomic E-state index is 11.5. The lowest BCUT2D eigenvalue weighted by atomic mass is 10.2. The minimum absolute atomic E-state index is 0.305. The molecule has 0 saturated heterocycles. The van der Waals surface area contributed by atoms with Gasteiger partial charge in [0.15, 0.2) is 0 Å². The second-order valence-electron chi connectivity index (χ2n) is 6.26. The summed E-state index contributed by atoms with van der Waals surface area (Å²) in [6.07, 6.45) is -0.949. The zero-order chi connectivity index (χ0) is 17.5. The van der Waals surface area contributed by atoms with Gasteiger partial charge in [0, 0.05) is 12.6 Å². The number of aliphatic hydroxyl groups excluding tert-OH is 1. The van der Waals surface area contributed by atoms with E-state index in [9.17, 15) is 9.90 Å². The molecule has 0 spiro atoms. The standard InChI is InChI=1S/C16H27N3O4/c1-11(20)10-19-14-9-12(5-6-13(14)17)22-8-7-18-15(21)23-16(2,3)4/h5-6,9,11,19-20H,7-8,10,17H2,1-4H3,(H,18,21)/t11-/m0/s1. The zero-order valence-corrected chi connectivity index (χ0v) is 14.2. The van der Waals surface area contributed by atoms with Gasteiger partial charge in [-0.15, -0.1) is 0 Å². The second-order valence-corrected chi connectivity index (χ2v) is 6.26. The zero-order valence-electron chi connectivity index (χ0n) is 14.2. The van der Waals surface area contributed by atoms with Crippen LogP contribution in [0.4, 0.5) is 16.2 Å². The molecule has 0 aliphatic rings. The van der Waals surface area contributed by atoms with Gasteiger partial charge in [-0.05, 0) is 39.8 Å². The fraction of sp³-hybridized carbons (Fsp3) is 0.562. The van der Waals surface area contributed by atoms with Crippen LogP contribution in [-0.4, -0.2) is 42.6 Å². The molecule has 5 N–H and O–H groups in total. The first-order chi connectivity index (χ1) is 10.7. The maximum absolute atomic E-state index is 11.5. The van der Waals surface area contributed by atoms with Crippen molar-refractivity contribution in [3.63, 3.8) is 0 Å². The van der Waals surface area contributed by atoms with Crippen LogP contribution in [0.2, 0.25) is 0 Å². The van der Waals surface area contributed by atoms with Crippen molar-refractivity contribution >= 4 is 17.5 Å². The average molecular weight is 325 g/mol. The van der Waals surface area contributed by atoms with E-state index in [2.05, 4.69) is 10.6 Å². The number of hydrogen-bond acceptors (Lipinski definition) is 6. The molecular formula is C16H27N3O4.